The highest BCUT2D eigenvalue weighted by Gasteiger charge is 2.76. The molecule has 5 rings (SSSR count). The lowest BCUT2D eigenvalue weighted by Gasteiger charge is -2.59. The van der Waals surface area contributed by atoms with Crippen molar-refractivity contribution in [2.75, 3.05) is 7.11 Å². The molecule has 0 radical (unpaired) electrons. The van der Waals surface area contributed by atoms with E-state index in [0.717, 1.165) is 44.9 Å². The number of rotatable bonds is 2. The van der Waals surface area contributed by atoms with Gasteiger partial charge >= 0.3 is 11.9 Å². The Hall–Kier alpha value is -1.10. The monoisotopic (exact) mass is 390 g/mol. The van der Waals surface area contributed by atoms with Gasteiger partial charge in [0.15, 0.2) is 0 Å². The van der Waals surface area contributed by atoms with E-state index in [0.29, 0.717) is 23.9 Å². The number of hydrogen-bond donors (Lipinski definition) is 0. The summed E-state index contributed by atoms with van der Waals surface area (Å²) in [5, 5.41) is 0. The molecule has 0 aromatic heterocycles. The molecule has 0 aromatic rings. The normalized spacial score (nSPS) is 53.9. The van der Waals surface area contributed by atoms with E-state index < -0.39 is 0 Å². The Morgan fingerprint density at radius 2 is 1.82 bits per heavy atom. The number of methoxy groups -OCH3 is 1. The molecule has 4 aliphatic carbocycles. The highest BCUT2D eigenvalue weighted by molar-refractivity contribution is 5.73. The molecular formula is C23H34O5. The van der Waals surface area contributed by atoms with Crippen LogP contribution in [0.4, 0.5) is 0 Å². The molecular weight excluding hydrogens is 356 g/mol. The third kappa shape index (κ3) is 2.28. The minimum absolute atomic E-state index is 0.00983. The van der Waals surface area contributed by atoms with E-state index in [-0.39, 0.29) is 40.4 Å². The van der Waals surface area contributed by atoms with Crippen LogP contribution in [0.3, 0.4) is 0 Å². The predicted molar refractivity (Wildman–Crippen MR) is 102 cm³/mol. The maximum absolute atomic E-state index is 12.4. The average Bonchev–Trinajstić information content (AvgIpc) is 3.22. The first kappa shape index (κ1) is 18.9. The van der Waals surface area contributed by atoms with Crippen molar-refractivity contribution in [3.8, 4) is 0 Å². The molecule has 0 amide bonds. The van der Waals surface area contributed by atoms with Crippen LogP contribution >= 0.6 is 0 Å². The lowest BCUT2D eigenvalue weighted by molar-refractivity contribution is -0.161. The van der Waals surface area contributed by atoms with Crippen molar-refractivity contribution in [3.63, 3.8) is 0 Å². The predicted octanol–water partition coefficient (Wildman–Crippen LogP) is 3.88. The highest BCUT2D eigenvalue weighted by Crippen LogP contribution is 2.74. The molecule has 5 heteroatoms. The van der Waals surface area contributed by atoms with Gasteiger partial charge in [0, 0.05) is 18.8 Å². The van der Waals surface area contributed by atoms with Gasteiger partial charge in [-0.1, -0.05) is 13.8 Å². The second-order valence-corrected chi connectivity index (χ2v) is 10.7. The van der Waals surface area contributed by atoms with Crippen LogP contribution in [0.5, 0.6) is 0 Å². The Balaban J connectivity index is 1.41. The molecule has 9 atom stereocenters. The van der Waals surface area contributed by atoms with Gasteiger partial charge in [0.25, 0.3) is 0 Å². The van der Waals surface area contributed by atoms with E-state index in [1.807, 2.05) is 0 Å². The molecule has 9 unspecified atom stereocenters. The molecule has 5 aliphatic rings. The summed E-state index contributed by atoms with van der Waals surface area (Å²) in [5.41, 5.74) is 0.164. The number of fused-ring (bicyclic) bond motifs is 4. The highest BCUT2D eigenvalue weighted by atomic mass is 16.6. The quantitative estimate of drug-likeness (QED) is 0.529. The first-order chi connectivity index (χ1) is 13.2. The summed E-state index contributed by atoms with van der Waals surface area (Å²) in [6.07, 6.45) is 8.72. The van der Waals surface area contributed by atoms with Crippen molar-refractivity contribution in [2.45, 2.75) is 89.9 Å². The van der Waals surface area contributed by atoms with E-state index in [2.05, 4.69) is 13.8 Å². The number of epoxide rings is 1. The van der Waals surface area contributed by atoms with E-state index >= 15 is 0 Å². The van der Waals surface area contributed by atoms with Crippen LogP contribution in [0.2, 0.25) is 0 Å². The number of carbonyl (C=O) groups is 2. The third-order valence-corrected chi connectivity index (χ3v) is 9.86. The van der Waals surface area contributed by atoms with Crippen LogP contribution in [0.25, 0.3) is 0 Å². The van der Waals surface area contributed by atoms with Crippen LogP contribution in [0.1, 0.15) is 72.1 Å². The fourth-order valence-corrected chi connectivity index (χ4v) is 8.50. The zero-order valence-corrected chi connectivity index (χ0v) is 17.7. The fraction of sp³-hybridized carbons (Fsp3) is 0.913. The second-order valence-electron chi connectivity index (χ2n) is 10.7. The van der Waals surface area contributed by atoms with Gasteiger partial charge in [-0.25, -0.2) is 0 Å². The molecule has 0 aromatic carbocycles. The average molecular weight is 391 g/mol. The van der Waals surface area contributed by atoms with E-state index in [1.165, 1.54) is 20.5 Å². The van der Waals surface area contributed by atoms with Gasteiger partial charge < -0.3 is 14.2 Å². The number of carbonyl (C=O) groups excluding carboxylic acids is 2. The number of hydrogen-bond acceptors (Lipinski definition) is 5. The Labute approximate surface area is 167 Å². The van der Waals surface area contributed by atoms with Crippen molar-refractivity contribution >= 4 is 11.9 Å². The SMILES string of the molecule is COC(=O)C1CCC2C3CC4OC45CC(OC(C)=O)CCC5(C)C3CCC12C. The summed E-state index contributed by atoms with van der Waals surface area (Å²) in [5.74, 6) is 1.76. The Bertz CT molecular complexity index is 705. The molecule has 1 heterocycles. The van der Waals surface area contributed by atoms with E-state index in [1.54, 1.807) is 0 Å². The van der Waals surface area contributed by atoms with Crippen LogP contribution in [-0.2, 0) is 23.8 Å². The standard InChI is InChI=1S/C23H34O5/c1-13(24)27-14-7-10-22(3)17-8-9-21(2)16(5-6-18(21)20(25)26-4)15(17)11-19-23(22,12-14)28-19/h14-19H,5-12H2,1-4H3. The number of ether oxygens (including phenoxy) is 3. The van der Waals surface area contributed by atoms with Crippen molar-refractivity contribution in [1.82, 2.24) is 0 Å². The van der Waals surface area contributed by atoms with Gasteiger partial charge in [-0.15, -0.1) is 0 Å². The summed E-state index contributed by atoms with van der Waals surface area (Å²) >= 11 is 0. The van der Waals surface area contributed by atoms with E-state index in [9.17, 15) is 9.59 Å². The third-order valence-electron chi connectivity index (χ3n) is 9.86. The zero-order chi connectivity index (χ0) is 19.9. The number of esters is 2. The van der Waals surface area contributed by atoms with Gasteiger partial charge in [-0.2, -0.15) is 0 Å². The topological polar surface area (TPSA) is 65.1 Å². The second kappa shape index (κ2) is 5.96. The molecule has 5 fully saturated rings. The first-order valence-electron chi connectivity index (χ1n) is 11.2. The molecule has 0 N–H and O–H groups in total. The van der Waals surface area contributed by atoms with Gasteiger partial charge in [-0.3, -0.25) is 9.59 Å². The summed E-state index contributed by atoms with van der Waals surface area (Å²) in [6.45, 7) is 6.30. The lowest BCUT2D eigenvalue weighted by atomic mass is 9.44. The van der Waals surface area contributed by atoms with Gasteiger partial charge in [0.05, 0.1) is 19.1 Å². The van der Waals surface area contributed by atoms with Crippen LogP contribution < -0.4 is 0 Å². The van der Waals surface area contributed by atoms with E-state index in [4.69, 9.17) is 14.2 Å². The summed E-state index contributed by atoms with van der Waals surface area (Å²) in [7, 11) is 1.53. The van der Waals surface area contributed by atoms with Gasteiger partial charge in [-0.05, 0) is 68.1 Å². The first-order valence-corrected chi connectivity index (χ1v) is 11.2. The largest absolute Gasteiger partial charge is 0.469 e. The molecule has 1 spiro atoms. The minimum atomic E-state index is -0.177. The summed E-state index contributed by atoms with van der Waals surface area (Å²) in [4.78, 5) is 23.9. The molecule has 1 aliphatic heterocycles. The molecule has 4 saturated carbocycles. The molecule has 5 nitrogen and oxygen atoms in total. The Morgan fingerprint density at radius 1 is 1.04 bits per heavy atom. The van der Waals surface area contributed by atoms with Crippen molar-refractivity contribution in [2.24, 2.45) is 34.5 Å². The fourth-order valence-electron chi connectivity index (χ4n) is 8.50. The smallest absolute Gasteiger partial charge is 0.309 e. The van der Waals surface area contributed by atoms with Gasteiger partial charge in [0.1, 0.15) is 11.7 Å². The van der Waals surface area contributed by atoms with Crippen LogP contribution in [0, 0.1) is 34.5 Å². The summed E-state index contributed by atoms with van der Waals surface area (Å²) < 4.78 is 17.2. The maximum atomic E-state index is 12.4. The minimum Gasteiger partial charge on any atom is -0.469 e. The molecule has 0 bridgehead atoms. The van der Waals surface area contributed by atoms with Crippen LogP contribution in [-0.4, -0.2) is 36.9 Å². The van der Waals surface area contributed by atoms with Crippen molar-refractivity contribution < 1.29 is 23.8 Å². The van der Waals surface area contributed by atoms with Crippen LogP contribution in [0.15, 0.2) is 0 Å². The Kier molecular flexibility index (Phi) is 4.02. The molecule has 156 valence electrons. The lowest BCUT2D eigenvalue weighted by Crippen LogP contribution is -2.59. The zero-order valence-electron chi connectivity index (χ0n) is 17.7. The molecule has 1 saturated heterocycles. The van der Waals surface area contributed by atoms with Gasteiger partial charge in [0.2, 0.25) is 0 Å². The van der Waals surface area contributed by atoms with Crippen molar-refractivity contribution in [1.29, 1.82) is 0 Å². The van der Waals surface area contributed by atoms with Crippen molar-refractivity contribution in [3.05, 3.63) is 0 Å². The summed E-state index contributed by atoms with van der Waals surface area (Å²) in [6, 6.07) is 0. The Morgan fingerprint density at radius 3 is 2.54 bits per heavy atom. The maximum Gasteiger partial charge on any atom is 0.309 e. The molecule has 28 heavy (non-hydrogen) atoms.